The molecule has 1 fully saturated rings. The Morgan fingerprint density at radius 3 is 2.42 bits per heavy atom. The Hall–Kier alpha value is -1.83. The molecule has 0 unspecified atom stereocenters. The molecular formula is C16H20F4N2O2. The van der Waals surface area contributed by atoms with Gasteiger partial charge in [0.25, 0.3) is 0 Å². The van der Waals surface area contributed by atoms with E-state index in [1.807, 2.05) is 0 Å². The van der Waals surface area contributed by atoms with Crippen molar-refractivity contribution < 1.29 is 27.5 Å². The van der Waals surface area contributed by atoms with Crippen LogP contribution in [0.4, 0.5) is 22.4 Å². The first kappa shape index (κ1) is 18.5. The molecule has 0 saturated carbocycles. The standard InChI is InChI=1S/C16H20F4N2O2/c1-10-3-4-12(9-13(10)17)11(2)21-14(23)22-7-5-15(24,6-8-22)16(18,19)20/h3-4,9,11,24H,5-8H2,1-2H3,(H,21,23)/t11-/m0/s1. The summed E-state index contributed by atoms with van der Waals surface area (Å²) in [5.74, 6) is -0.387. The van der Waals surface area contributed by atoms with Crippen LogP contribution in [-0.2, 0) is 0 Å². The number of carbonyl (C=O) groups is 1. The predicted octanol–water partition coefficient (Wildman–Crippen LogP) is 3.29. The molecule has 1 aromatic rings. The fourth-order valence-electron chi connectivity index (χ4n) is 2.60. The van der Waals surface area contributed by atoms with E-state index in [4.69, 9.17) is 0 Å². The van der Waals surface area contributed by atoms with Gasteiger partial charge >= 0.3 is 12.2 Å². The molecule has 0 spiro atoms. The Balaban J connectivity index is 1.95. The Labute approximate surface area is 137 Å². The Kier molecular flexibility index (Phi) is 5.08. The van der Waals surface area contributed by atoms with Gasteiger partial charge in [-0.25, -0.2) is 9.18 Å². The van der Waals surface area contributed by atoms with Crippen molar-refractivity contribution in [1.29, 1.82) is 0 Å². The average molecular weight is 348 g/mol. The van der Waals surface area contributed by atoms with Crippen molar-refractivity contribution >= 4 is 6.03 Å². The van der Waals surface area contributed by atoms with Crippen LogP contribution < -0.4 is 5.32 Å². The zero-order valence-electron chi connectivity index (χ0n) is 13.5. The highest BCUT2D eigenvalue weighted by atomic mass is 19.4. The molecule has 8 heteroatoms. The van der Waals surface area contributed by atoms with E-state index >= 15 is 0 Å². The van der Waals surface area contributed by atoms with E-state index in [2.05, 4.69) is 5.32 Å². The maximum absolute atomic E-state index is 13.6. The van der Waals surface area contributed by atoms with E-state index in [0.29, 0.717) is 11.1 Å². The van der Waals surface area contributed by atoms with E-state index in [-0.39, 0.29) is 18.9 Å². The summed E-state index contributed by atoms with van der Waals surface area (Å²) in [6.07, 6.45) is -5.82. The number of likely N-dealkylation sites (tertiary alicyclic amines) is 1. The van der Waals surface area contributed by atoms with Crippen LogP contribution in [0.25, 0.3) is 0 Å². The maximum Gasteiger partial charge on any atom is 0.417 e. The molecule has 134 valence electrons. The molecular weight excluding hydrogens is 328 g/mol. The van der Waals surface area contributed by atoms with Crippen molar-refractivity contribution in [3.05, 3.63) is 35.1 Å². The summed E-state index contributed by atoms with van der Waals surface area (Å²) in [6, 6.07) is 3.57. The number of aliphatic hydroxyl groups is 1. The number of nitrogens with zero attached hydrogens (tertiary/aromatic N) is 1. The Morgan fingerprint density at radius 2 is 1.92 bits per heavy atom. The number of hydrogen-bond donors (Lipinski definition) is 2. The predicted molar refractivity (Wildman–Crippen MR) is 79.9 cm³/mol. The van der Waals surface area contributed by atoms with Crippen LogP contribution in [0.3, 0.4) is 0 Å². The number of urea groups is 1. The molecule has 0 bridgehead atoms. The summed E-state index contributed by atoms with van der Waals surface area (Å²) in [5, 5.41) is 12.2. The first-order chi connectivity index (χ1) is 11.0. The monoisotopic (exact) mass is 348 g/mol. The van der Waals surface area contributed by atoms with Crippen LogP contribution in [0, 0.1) is 12.7 Å². The molecule has 1 aromatic carbocycles. The first-order valence-corrected chi connectivity index (χ1v) is 7.64. The lowest BCUT2D eigenvalue weighted by Crippen LogP contribution is -2.56. The molecule has 1 heterocycles. The molecule has 0 aromatic heterocycles. The highest BCUT2D eigenvalue weighted by Gasteiger charge is 2.54. The molecule has 0 radical (unpaired) electrons. The zero-order chi connectivity index (χ0) is 18.1. The van der Waals surface area contributed by atoms with Gasteiger partial charge in [-0.1, -0.05) is 12.1 Å². The molecule has 1 aliphatic heterocycles. The van der Waals surface area contributed by atoms with Gasteiger partial charge in [0, 0.05) is 25.9 Å². The highest BCUT2D eigenvalue weighted by Crippen LogP contribution is 2.38. The van der Waals surface area contributed by atoms with Crippen molar-refractivity contribution in [2.45, 2.75) is 44.5 Å². The fraction of sp³-hybridized carbons (Fsp3) is 0.562. The fourth-order valence-corrected chi connectivity index (χ4v) is 2.60. The minimum atomic E-state index is -4.71. The number of nitrogens with one attached hydrogen (secondary N) is 1. The second kappa shape index (κ2) is 6.58. The number of amides is 2. The van der Waals surface area contributed by atoms with Gasteiger partial charge in [0.1, 0.15) is 5.82 Å². The van der Waals surface area contributed by atoms with Crippen LogP contribution in [0.5, 0.6) is 0 Å². The Bertz CT molecular complexity index is 611. The van der Waals surface area contributed by atoms with E-state index < -0.39 is 36.7 Å². The van der Waals surface area contributed by atoms with Crippen molar-refractivity contribution in [2.24, 2.45) is 0 Å². The summed E-state index contributed by atoms with van der Waals surface area (Å²) >= 11 is 0. The van der Waals surface area contributed by atoms with Gasteiger partial charge in [-0.15, -0.1) is 0 Å². The third-order valence-electron chi connectivity index (χ3n) is 4.44. The van der Waals surface area contributed by atoms with E-state index in [0.717, 1.165) is 0 Å². The molecule has 2 rings (SSSR count). The minimum absolute atomic E-state index is 0.198. The molecule has 1 aliphatic rings. The molecule has 1 atom stereocenters. The van der Waals surface area contributed by atoms with Gasteiger partial charge in [0.15, 0.2) is 5.60 Å². The SMILES string of the molecule is Cc1ccc([C@H](C)NC(=O)N2CCC(O)(C(F)(F)F)CC2)cc1F. The van der Waals surface area contributed by atoms with E-state index in [1.165, 1.54) is 11.0 Å². The normalized spacial score (nSPS) is 19.0. The smallest absolute Gasteiger partial charge is 0.380 e. The third-order valence-corrected chi connectivity index (χ3v) is 4.44. The minimum Gasteiger partial charge on any atom is -0.380 e. The second-order valence-corrected chi connectivity index (χ2v) is 6.20. The largest absolute Gasteiger partial charge is 0.417 e. The summed E-state index contributed by atoms with van der Waals surface area (Å²) < 4.78 is 51.8. The second-order valence-electron chi connectivity index (χ2n) is 6.20. The van der Waals surface area contributed by atoms with E-state index in [9.17, 15) is 27.5 Å². The number of piperidine rings is 1. The number of benzene rings is 1. The molecule has 24 heavy (non-hydrogen) atoms. The quantitative estimate of drug-likeness (QED) is 0.806. The van der Waals surface area contributed by atoms with Crippen molar-refractivity contribution in [1.82, 2.24) is 10.2 Å². The van der Waals surface area contributed by atoms with Gasteiger partial charge in [0.2, 0.25) is 0 Å². The van der Waals surface area contributed by atoms with Gasteiger partial charge in [-0.05, 0) is 31.0 Å². The lowest BCUT2D eigenvalue weighted by atomic mass is 9.91. The number of carbonyl (C=O) groups excluding carboxylic acids is 1. The van der Waals surface area contributed by atoms with Crippen LogP contribution in [0.15, 0.2) is 18.2 Å². The van der Waals surface area contributed by atoms with E-state index in [1.54, 1.807) is 26.0 Å². The van der Waals surface area contributed by atoms with Crippen LogP contribution >= 0.6 is 0 Å². The molecule has 2 amide bonds. The molecule has 4 nitrogen and oxygen atoms in total. The number of halogens is 4. The average Bonchev–Trinajstić information content (AvgIpc) is 2.49. The number of aryl methyl sites for hydroxylation is 1. The van der Waals surface area contributed by atoms with Crippen molar-refractivity contribution in [3.8, 4) is 0 Å². The summed E-state index contributed by atoms with van der Waals surface area (Å²) in [7, 11) is 0. The number of rotatable bonds is 2. The topological polar surface area (TPSA) is 52.6 Å². The number of alkyl halides is 3. The first-order valence-electron chi connectivity index (χ1n) is 7.64. The third kappa shape index (κ3) is 3.80. The maximum atomic E-state index is 13.6. The lowest BCUT2D eigenvalue weighted by Gasteiger charge is -2.39. The summed E-state index contributed by atoms with van der Waals surface area (Å²) in [6.45, 7) is 2.89. The molecule has 1 saturated heterocycles. The van der Waals surface area contributed by atoms with Crippen molar-refractivity contribution in [3.63, 3.8) is 0 Å². The molecule has 2 N–H and O–H groups in total. The van der Waals surface area contributed by atoms with Crippen LogP contribution in [-0.4, -0.2) is 40.9 Å². The van der Waals surface area contributed by atoms with Crippen LogP contribution in [0.2, 0.25) is 0 Å². The lowest BCUT2D eigenvalue weighted by molar-refractivity contribution is -0.271. The van der Waals surface area contributed by atoms with Gasteiger partial charge in [0.05, 0.1) is 6.04 Å². The summed E-state index contributed by atoms with van der Waals surface area (Å²) in [5.41, 5.74) is -1.69. The van der Waals surface area contributed by atoms with Crippen LogP contribution in [0.1, 0.15) is 36.9 Å². The summed E-state index contributed by atoms with van der Waals surface area (Å²) in [4.78, 5) is 13.4. The van der Waals surface area contributed by atoms with Gasteiger partial charge in [-0.2, -0.15) is 13.2 Å². The van der Waals surface area contributed by atoms with Gasteiger partial charge in [-0.3, -0.25) is 0 Å². The van der Waals surface area contributed by atoms with Crippen molar-refractivity contribution in [2.75, 3.05) is 13.1 Å². The molecule has 0 aliphatic carbocycles. The number of hydrogen-bond acceptors (Lipinski definition) is 2. The van der Waals surface area contributed by atoms with Gasteiger partial charge < -0.3 is 15.3 Å². The highest BCUT2D eigenvalue weighted by molar-refractivity contribution is 5.74. The Morgan fingerprint density at radius 1 is 1.33 bits per heavy atom. The zero-order valence-corrected chi connectivity index (χ0v) is 13.5.